The van der Waals surface area contributed by atoms with Gasteiger partial charge in [0.2, 0.25) is 0 Å². The number of para-hydroxylation sites is 1. The quantitative estimate of drug-likeness (QED) is 0.649. The molecule has 1 atom stereocenters. The van der Waals surface area contributed by atoms with E-state index in [4.69, 9.17) is 11.6 Å². The number of Topliss-reactive ketones (excluding diaryl/α,β-unsaturated/α-hetero) is 1. The van der Waals surface area contributed by atoms with Gasteiger partial charge in [-0.15, -0.1) is 11.3 Å². The first-order valence-corrected chi connectivity index (χ1v) is 9.70. The van der Waals surface area contributed by atoms with Gasteiger partial charge in [0, 0.05) is 10.6 Å². The number of halogens is 1. The molecule has 2 aromatic carbocycles. The second-order valence-corrected chi connectivity index (χ2v) is 7.86. The van der Waals surface area contributed by atoms with Crippen LogP contribution in [0, 0.1) is 0 Å². The largest absolute Gasteiger partial charge is 0.375 e. The Bertz CT molecular complexity index is 1000. The van der Waals surface area contributed by atoms with E-state index in [0.29, 0.717) is 27.7 Å². The van der Waals surface area contributed by atoms with Crippen molar-refractivity contribution in [1.82, 2.24) is 0 Å². The van der Waals surface area contributed by atoms with Crippen molar-refractivity contribution in [3.8, 4) is 0 Å². The smallest absolute Gasteiger partial charge is 0.264 e. The van der Waals surface area contributed by atoms with Crippen LogP contribution in [-0.4, -0.2) is 16.8 Å². The molecule has 4 rings (SSSR count). The summed E-state index contributed by atoms with van der Waals surface area (Å²) in [7, 11) is 0. The van der Waals surface area contributed by atoms with Gasteiger partial charge in [0.15, 0.2) is 11.4 Å². The van der Waals surface area contributed by atoms with E-state index in [0.717, 1.165) is 5.56 Å². The summed E-state index contributed by atoms with van der Waals surface area (Å²) < 4.78 is 0. The normalized spacial score (nSPS) is 18.6. The number of anilines is 1. The summed E-state index contributed by atoms with van der Waals surface area (Å²) in [6.07, 6.45) is -0.277. The van der Waals surface area contributed by atoms with E-state index in [1.807, 2.05) is 18.2 Å². The first kappa shape index (κ1) is 17.9. The molecule has 0 bridgehead atoms. The molecular weight excluding hydrogens is 382 g/mol. The minimum Gasteiger partial charge on any atom is -0.375 e. The molecular formula is C21H16ClNO3S. The van der Waals surface area contributed by atoms with Crippen LogP contribution in [0.5, 0.6) is 0 Å². The molecule has 136 valence electrons. The third-order valence-electron chi connectivity index (χ3n) is 4.71. The van der Waals surface area contributed by atoms with Crippen molar-refractivity contribution in [3.05, 3.63) is 87.1 Å². The van der Waals surface area contributed by atoms with Crippen LogP contribution in [0.1, 0.15) is 27.2 Å². The number of aliphatic hydroxyl groups is 1. The Hall–Kier alpha value is -2.47. The molecule has 0 fully saturated rings. The van der Waals surface area contributed by atoms with Crippen molar-refractivity contribution in [2.75, 3.05) is 4.90 Å². The molecule has 0 unspecified atom stereocenters. The van der Waals surface area contributed by atoms with Gasteiger partial charge in [-0.05, 0) is 35.2 Å². The Morgan fingerprint density at radius 1 is 1.07 bits per heavy atom. The van der Waals surface area contributed by atoms with E-state index in [1.54, 1.807) is 47.8 Å². The second kappa shape index (κ2) is 6.93. The maximum atomic E-state index is 13.2. The average molecular weight is 398 g/mol. The van der Waals surface area contributed by atoms with Crippen LogP contribution in [-0.2, 0) is 16.9 Å². The highest BCUT2D eigenvalue weighted by molar-refractivity contribution is 7.12. The number of rotatable bonds is 5. The molecule has 2 heterocycles. The molecule has 27 heavy (non-hydrogen) atoms. The zero-order valence-corrected chi connectivity index (χ0v) is 15.8. The van der Waals surface area contributed by atoms with E-state index < -0.39 is 11.5 Å². The Labute approximate surface area is 165 Å². The van der Waals surface area contributed by atoms with Crippen molar-refractivity contribution in [3.63, 3.8) is 0 Å². The van der Waals surface area contributed by atoms with Crippen LogP contribution >= 0.6 is 22.9 Å². The lowest BCUT2D eigenvalue weighted by molar-refractivity contribution is -0.136. The van der Waals surface area contributed by atoms with Gasteiger partial charge in [-0.3, -0.25) is 9.59 Å². The molecule has 0 aliphatic carbocycles. The fourth-order valence-corrected chi connectivity index (χ4v) is 4.15. The summed E-state index contributed by atoms with van der Waals surface area (Å²) in [6, 6.07) is 17.7. The highest BCUT2D eigenvalue weighted by atomic mass is 35.5. The second-order valence-electron chi connectivity index (χ2n) is 6.47. The molecule has 6 heteroatoms. The fraction of sp³-hybridized carbons (Fsp3) is 0.143. The topological polar surface area (TPSA) is 57.6 Å². The lowest BCUT2D eigenvalue weighted by Crippen LogP contribution is -2.41. The van der Waals surface area contributed by atoms with Crippen LogP contribution in [0.3, 0.4) is 0 Å². The summed E-state index contributed by atoms with van der Waals surface area (Å²) in [5.41, 5.74) is 0.119. The lowest BCUT2D eigenvalue weighted by Gasteiger charge is -2.22. The van der Waals surface area contributed by atoms with Gasteiger partial charge >= 0.3 is 0 Å². The van der Waals surface area contributed by atoms with Crippen LogP contribution in [0.2, 0.25) is 5.02 Å². The zero-order valence-electron chi connectivity index (χ0n) is 14.3. The van der Waals surface area contributed by atoms with E-state index in [1.165, 1.54) is 16.2 Å². The van der Waals surface area contributed by atoms with E-state index in [2.05, 4.69) is 0 Å². The number of amides is 1. The van der Waals surface area contributed by atoms with Gasteiger partial charge in [-0.2, -0.15) is 0 Å². The third-order valence-corrected chi connectivity index (χ3v) is 5.87. The van der Waals surface area contributed by atoms with Crippen molar-refractivity contribution in [2.45, 2.75) is 18.6 Å². The SMILES string of the molecule is O=C(C[C@@]1(O)C(=O)N(Cc2ccc(Cl)cc2)c2ccccc21)c1cccs1. The summed E-state index contributed by atoms with van der Waals surface area (Å²) in [4.78, 5) is 27.8. The highest BCUT2D eigenvalue weighted by Crippen LogP contribution is 2.43. The highest BCUT2D eigenvalue weighted by Gasteiger charge is 2.50. The molecule has 1 N–H and O–H groups in total. The summed E-state index contributed by atoms with van der Waals surface area (Å²) >= 11 is 7.23. The average Bonchev–Trinajstić information content (AvgIpc) is 3.27. The number of ketones is 1. The third kappa shape index (κ3) is 3.18. The van der Waals surface area contributed by atoms with E-state index in [-0.39, 0.29) is 12.2 Å². The molecule has 3 aromatic rings. The number of fused-ring (bicyclic) bond motifs is 1. The van der Waals surface area contributed by atoms with Crippen LogP contribution in [0.4, 0.5) is 5.69 Å². The molecule has 0 saturated carbocycles. The number of thiophene rings is 1. The lowest BCUT2D eigenvalue weighted by atomic mass is 9.89. The number of hydrogen-bond acceptors (Lipinski definition) is 4. The molecule has 4 nitrogen and oxygen atoms in total. The standard InChI is InChI=1S/C21H16ClNO3S/c22-15-9-7-14(8-10-15)13-23-17-5-2-1-4-16(17)21(26,20(23)25)12-18(24)19-6-3-11-27-19/h1-11,26H,12-13H2/t21-/m0/s1. The van der Waals surface area contributed by atoms with Gasteiger partial charge in [-0.25, -0.2) is 0 Å². The van der Waals surface area contributed by atoms with Crippen molar-refractivity contribution in [2.24, 2.45) is 0 Å². The monoisotopic (exact) mass is 397 g/mol. The fourth-order valence-electron chi connectivity index (χ4n) is 3.36. The number of nitrogens with zero attached hydrogens (tertiary/aromatic N) is 1. The summed E-state index contributed by atoms with van der Waals surface area (Å²) in [5, 5.41) is 13.7. The van der Waals surface area contributed by atoms with Crippen LogP contribution in [0.15, 0.2) is 66.0 Å². The number of carbonyl (C=O) groups excluding carboxylic acids is 2. The van der Waals surface area contributed by atoms with Crippen molar-refractivity contribution >= 4 is 40.3 Å². The van der Waals surface area contributed by atoms with Gasteiger partial charge in [-0.1, -0.05) is 48.0 Å². The maximum Gasteiger partial charge on any atom is 0.264 e. The van der Waals surface area contributed by atoms with E-state index >= 15 is 0 Å². The van der Waals surface area contributed by atoms with Crippen LogP contribution < -0.4 is 4.90 Å². The molecule has 1 aromatic heterocycles. The number of hydrogen-bond donors (Lipinski definition) is 1. The van der Waals surface area contributed by atoms with Gasteiger partial charge in [0.1, 0.15) is 0 Å². The molecule has 1 aliphatic rings. The summed E-state index contributed by atoms with van der Waals surface area (Å²) in [5.74, 6) is -0.729. The minimum atomic E-state index is -1.86. The van der Waals surface area contributed by atoms with Crippen molar-refractivity contribution in [1.29, 1.82) is 0 Å². The molecule has 1 amide bonds. The Kier molecular flexibility index (Phi) is 4.60. The van der Waals surface area contributed by atoms with E-state index in [9.17, 15) is 14.7 Å². The number of carbonyl (C=O) groups is 2. The Morgan fingerprint density at radius 2 is 1.81 bits per heavy atom. The molecule has 0 spiro atoms. The zero-order chi connectivity index (χ0) is 19.0. The van der Waals surface area contributed by atoms with Crippen LogP contribution in [0.25, 0.3) is 0 Å². The molecule has 0 radical (unpaired) electrons. The minimum absolute atomic E-state index is 0.246. The predicted molar refractivity (Wildman–Crippen MR) is 106 cm³/mol. The first-order valence-electron chi connectivity index (χ1n) is 8.44. The Morgan fingerprint density at radius 3 is 2.52 bits per heavy atom. The maximum absolute atomic E-state index is 13.2. The Balaban J connectivity index is 1.68. The van der Waals surface area contributed by atoms with Gasteiger partial charge in [0.05, 0.1) is 23.5 Å². The summed E-state index contributed by atoms with van der Waals surface area (Å²) in [6.45, 7) is 0.294. The molecule has 1 aliphatic heterocycles. The first-order chi connectivity index (χ1) is 13.0. The van der Waals surface area contributed by atoms with Crippen molar-refractivity contribution < 1.29 is 14.7 Å². The predicted octanol–water partition coefficient (Wildman–Crippen LogP) is 4.41. The number of benzene rings is 2. The van der Waals surface area contributed by atoms with Gasteiger partial charge < -0.3 is 10.0 Å². The van der Waals surface area contributed by atoms with Gasteiger partial charge in [0.25, 0.3) is 5.91 Å². The molecule has 0 saturated heterocycles.